The lowest BCUT2D eigenvalue weighted by Crippen LogP contribution is -2.25. The molecule has 2 aromatic carbocycles. The van der Waals surface area contributed by atoms with Crippen molar-refractivity contribution in [3.05, 3.63) is 68.8 Å². The number of carboxylic acids is 1. The maximum Gasteiger partial charge on any atom is 0.341 e. The van der Waals surface area contributed by atoms with E-state index in [0.29, 0.717) is 15.7 Å². The summed E-state index contributed by atoms with van der Waals surface area (Å²) in [5.41, 5.74) is 2.49. The molecule has 0 aliphatic carbocycles. The Morgan fingerprint density at radius 1 is 1.14 bits per heavy atom. The van der Waals surface area contributed by atoms with E-state index in [9.17, 15) is 14.4 Å². The summed E-state index contributed by atoms with van der Waals surface area (Å²) in [5, 5.41) is 16.2. The largest absolute Gasteiger partial charge is 0.482 e. The molecule has 12 heteroatoms. The number of carbonyl (C=O) groups is 3. The number of likely N-dealkylation sites (N-methyl/N-ethyl adjacent to an activating group) is 1. The number of thiazole rings is 1. The number of carboxylic acid groups (broad SMARTS) is 1. The molecule has 4 aromatic rings. The van der Waals surface area contributed by atoms with Crippen molar-refractivity contribution in [1.29, 1.82) is 0 Å². The van der Waals surface area contributed by atoms with Crippen molar-refractivity contribution in [2.24, 2.45) is 0 Å². The molecule has 5 rings (SSSR count). The number of H-pyrrole nitrogens is 1. The molecule has 0 saturated heterocycles. The van der Waals surface area contributed by atoms with Gasteiger partial charge in [-0.1, -0.05) is 11.6 Å². The Morgan fingerprint density at radius 2 is 1.95 bits per heavy atom. The van der Waals surface area contributed by atoms with Gasteiger partial charge in [-0.2, -0.15) is 0 Å². The number of fused-ring (bicyclic) bond motifs is 2. The van der Waals surface area contributed by atoms with Crippen molar-refractivity contribution in [3.63, 3.8) is 0 Å². The number of carbonyl (C=O) groups excluding carboxylic acids is 2. The van der Waals surface area contributed by atoms with E-state index in [1.807, 2.05) is 7.05 Å². The molecule has 0 spiro atoms. The fraction of sp³-hybridized carbons (Fsp3) is 0.200. The highest BCUT2D eigenvalue weighted by atomic mass is 35.5. The lowest BCUT2D eigenvalue weighted by molar-refractivity contribution is -0.139. The molecule has 0 atom stereocenters. The second-order valence-corrected chi connectivity index (χ2v) is 10.1. The molecule has 4 N–H and O–H groups in total. The van der Waals surface area contributed by atoms with Crippen molar-refractivity contribution in [2.45, 2.75) is 13.0 Å². The van der Waals surface area contributed by atoms with Gasteiger partial charge in [0.15, 0.2) is 11.6 Å². The molecule has 1 aliphatic rings. The molecule has 2 aromatic heterocycles. The number of ether oxygens (including phenoxy) is 1. The van der Waals surface area contributed by atoms with E-state index in [-0.39, 0.29) is 17.1 Å². The van der Waals surface area contributed by atoms with Crippen molar-refractivity contribution in [3.8, 4) is 5.75 Å². The van der Waals surface area contributed by atoms with E-state index in [1.54, 1.807) is 24.3 Å². The molecular weight excluding hydrogens is 518 g/mol. The number of hydrogen-bond acceptors (Lipinski definition) is 7. The molecule has 0 bridgehead atoms. The summed E-state index contributed by atoms with van der Waals surface area (Å²) < 4.78 is 5.27. The molecule has 0 saturated carbocycles. The molecule has 190 valence electrons. The van der Waals surface area contributed by atoms with E-state index in [1.165, 1.54) is 29.5 Å². The quantitative estimate of drug-likeness (QED) is 0.276. The number of halogens is 1. The number of nitrogens with one attached hydrogen (secondary N) is 3. The summed E-state index contributed by atoms with van der Waals surface area (Å²) in [5.74, 6) is -1.80. The predicted molar refractivity (Wildman–Crippen MR) is 141 cm³/mol. The van der Waals surface area contributed by atoms with Gasteiger partial charge in [0.2, 0.25) is 0 Å². The molecule has 0 unspecified atom stereocenters. The van der Waals surface area contributed by atoms with Crippen LogP contribution in [0.25, 0.3) is 10.9 Å². The summed E-state index contributed by atoms with van der Waals surface area (Å²) in [6, 6.07) is 11.4. The summed E-state index contributed by atoms with van der Waals surface area (Å²) in [6.07, 6.45) is 0.780. The summed E-state index contributed by atoms with van der Waals surface area (Å²) in [6.45, 7) is 1.07. The SMILES string of the molecule is CN1CCc2nc(C(=O)Nc3ccc(OCC(=O)O)cc3NC(=O)c3cc4cc(Cl)ccc4[nH]3)sc2C1. The average molecular weight is 540 g/mol. The Hall–Kier alpha value is -3.93. The van der Waals surface area contributed by atoms with Crippen molar-refractivity contribution in [1.82, 2.24) is 14.9 Å². The number of aromatic amines is 1. The van der Waals surface area contributed by atoms with E-state index in [2.05, 4.69) is 25.5 Å². The summed E-state index contributed by atoms with van der Waals surface area (Å²) in [4.78, 5) is 47.8. The third-order valence-electron chi connectivity index (χ3n) is 5.79. The van der Waals surface area contributed by atoms with Crippen LogP contribution in [-0.4, -0.2) is 58.0 Å². The molecule has 0 radical (unpaired) electrons. The number of hydrogen-bond donors (Lipinski definition) is 4. The van der Waals surface area contributed by atoms with Crippen molar-refractivity contribution in [2.75, 3.05) is 30.8 Å². The van der Waals surface area contributed by atoms with Crippen LogP contribution in [0.2, 0.25) is 5.02 Å². The minimum absolute atomic E-state index is 0.215. The predicted octanol–water partition coefficient (Wildman–Crippen LogP) is 4.23. The van der Waals surface area contributed by atoms with Crippen LogP contribution in [0.4, 0.5) is 11.4 Å². The van der Waals surface area contributed by atoms with Gasteiger partial charge >= 0.3 is 5.97 Å². The molecular formula is C25H22ClN5O5S. The third-order valence-corrected chi connectivity index (χ3v) is 7.11. The first-order valence-electron chi connectivity index (χ1n) is 11.3. The van der Waals surface area contributed by atoms with Gasteiger partial charge in [-0.25, -0.2) is 9.78 Å². The first kappa shape index (κ1) is 24.8. The molecule has 37 heavy (non-hydrogen) atoms. The van der Waals surface area contributed by atoms with Crippen LogP contribution >= 0.6 is 22.9 Å². The highest BCUT2D eigenvalue weighted by Crippen LogP contribution is 2.30. The molecule has 0 fully saturated rings. The third kappa shape index (κ3) is 5.58. The zero-order valence-electron chi connectivity index (χ0n) is 19.6. The lowest BCUT2D eigenvalue weighted by Gasteiger charge is -2.20. The lowest BCUT2D eigenvalue weighted by atomic mass is 10.2. The van der Waals surface area contributed by atoms with Crippen LogP contribution in [0.3, 0.4) is 0 Å². The van der Waals surface area contributed by atoms with Gasteiger partial charge in [-0.05, 0) is 43.4 Å². The van der Waals surface area contributed by atoms with Crippen LogP contribution in [0, 0.1) is 0 Å². The zero-order chi connectivity index (χ0) is 26.1. The number of amides is 2. The molecule has 2 amide bonds. The first-order valence-corrected chi connectivity index (χ1v) is 12.5. The van der Waals surface area contributed by atoms with Crippen molar-refractivity contribution >= 4 is 63.0 Å². The van der Waals surface area contributed by atoms with Crippen LogP contribution < -0.4 is 15.4 Å². The summed E-state index contributed by atoms with van der Waals surface area (Å²) in [7, 11) is 2.02. The topological polar surface area (TPSA) is 137 Å². The summed E-state index contributed by atoms with van der Waals surface area (Å²) >= 11 is 7.39. The van der Waals surface area contributed by atoms with Crippen LogP contribution in [-0.2, 0) is 17.8 Å². The smallest absolute Gasteiger partial charge is 0.341 e. The number of aliphatic carboxylic acids is 1. The van der Waals surface area contributed by atoms with E-state index < -0.39 is 24.4 Å². The van der Waals surface area contributed by atoms with Gasteiger partial charge in [0.05, 0.1) is 17.1 Å². The number of anilines is 2. The minimum atomic E-state index is -1.14. The second-order valence-electron chi connectivity index (χ2n) is 8.59. The van der Waals surface area contributed by atoms with Gasteiger partial charge in [0.25, 0.3) is 11.8 Å². The van der Waals surface area contributed by atoms with Crippen LogP contribution in [0.1, 0.15) is 30.9 Å². The Morgan fingerprint density at radius 3 is 2.76 bits per heavy atom. The van der Waals surface area contributed by atoms with Gasteiger partial charge in [0.1, 0.15) is 11.4 Å². The molecule has 1 aliphatic heterocycles. The number of aromatic nitrogens is 2. The Bertz CT molecular complexity index is 1530. The average Bonchev–Trinajstić information content (AvgIpc) is 3.47. The van der Waals surface area contributed by atoms with Gasteiger partial charge in [0, 0.05) is 46.4 Å². The standard InChI is InChI=1S/C25H22ClN5O5S/c1-31-7-6-18-21(11-31)37-25(30-18)24(35)28-17-5-3-15(36-12-22(32)33)10-19(17)29-23(34)20-9-13-8-14(26)2-4-16(13)27-20/h2-5,8-10,27H,6-7,11-12H2,1H3,(H,28,35)(H,29,34)(H,32,33). The first-order chi connectivity index (χ1) is 17.7. The second kappa shape index (κ2) is 10.2. The van der Waals surface area contributed by atoms with Gasteiger partial charge < -0.3 is 30.4 Å². The number of rotatable bonds is 7. The Kier molecular flexibility index (Phi) is 6.83. The van der Waals surface area contributed by atoms with Crippen LogP contribution in [0.5, 0.6) is 5.75 Å². The molecule has 3 heterocycles. The van der Waals surface area contributed by atoms with E-state index in [4.69, 9.17) is 21.4 Å². The number of benzene rings is 2. The fourth-order valence-corrected chi connectivity index (χ4v) is 5.25. The van der Waals surface area contributed by atoms with Gasteiger partial charge in [-0.3, -0.25) is 9.59 Å². The minimum Gasteiger partial charge on any atom is -0.482 e. The Balaban J connectivity index is 1.40. The monoisotopic (exact) mass is 539 g/mol. The van der Waals surface area contributed by atoms with Crippen LogP contribution in [0.15, 0.2) is 42.5 Å². The highest BCUT2D eigenvalue weighted by molar-refractivity contribution is 7.13. The zero-order valence-corrected chi connectivity index (χ0v) is 21.2. The maximum absolute atomic E-state index is 13.1. The highest BCUT2D eigenvalue weighted by Gasteiger charge is 2.22. The van der Waals surface area contributed by atoms with Gasteiger partial charge in [-0.15, -0.1) is 11.3 Å². The fourth-order valence-electron chi connectivity index (χ4n) is 3.98. The van der Waals surface area contributed by atoms with Crippen molar-refractivity contribution < 1.29 is 24.2 Å². The normalized spacial score (nSPS) is 13.2. The number of nitrogens with zero attached hydrogens (tertiary/aromatic N) is 2. The maximum atomic E-state index is 13.1. The Labute approximate surface area is 220 Å². The van der Waals surface area contributed by atoms with E-state index in [0.717, 1.165) is 41.0 Å². The van der Waals surface area contributed by atoms with E-state index >= 15 is 0 Å². The molecule has 10 nitrogen and oxygen atoms in total.